The number of alkyl halides is 3. The maximum absolute atomic E-state index is 12.8. The molecule has 1 saturated carbocycles. The second kappa shape index (κ2) is 6.34. The first-order valence-electron chi connectivity index (χ1n) is 7.61. The van der Waals surface area contributed by atoms with Gasteiger partial charge in [0, 0.05) is 6.54 Å². The number of hydrogen-bond acceptors (Lipinski definition) is 4. The van der Waals surface area contributed by atoms with Gasteiger partial charge in [-0.2, -0.15) is 23.0 Å². The monoisotopic (exact) mass is 373 g/mol. The Morgan fingerprint density at radius 3 is 2.68 bits per heavy atom. The molecule has 1 aliphatic carbocycles. The summed E-state index contributed by atoms with van der Waals surface area (Å²) in [7, 11) is 0. The summed E-state index contributed by atoms with van der Waals surface area (Å²) in [6, 6.07) is 4.27. The maximum atomic E-state index is 12.8. The van der Waals surface area contributed by atoms with Crippen LogP contribution in [0.3, 0.4) is 0 Å². The number of rotatable bonds is 4. The zero-order valence-electron chi connectivity index (χ0n) is 13.0. The Hall–Kier alpha value is -2.06. The van der Waals surface area contributed by atoms with Crippen molar-refractivity contribution in [1.82, 2.24) is 9.78 Å². The van der Waals surface area contributed by atoms with E-state index in [-0.39, 0.29) is 22.9 Å². The lowest BCUT2D eigenvalue weighted by Gasteiger charge is -2.36. The Morgan fingerprint density at radius 2 is 2.08 bits per heavy atom. The van der Waals surface area contributed by atoms with Gasteiger partial charge in [0.1, 0.15) is 5.02 Å². The minimum absolute atomic E-state index is 0.0362. The molecule has 0 unspecified atom stereocenters. The van der Waals surface area contributed by atoms with Crippen molar-refractivity contribution < 1.29 is 18.3 Å². The van der Waals surface area contributed by atoms with Crippen LogP contribution in [0.5, 0.6) is 0 Å². The molecular formula is C16H15ClF3N3O2. The molecule has 5 nitrogen and oxygen atoms in total. The predicted molar refractivity (Wildman–Crippen MR) is 87.1 cm³/mol. The minimum atomic E-state index is -4.52. The van der Waals surface area contributed by atoms with Gasteiger partial charge in [-0.25, -0.2) is 0 Å². The Morgan fingerprint density at radius 1 is 1.36 bits per heavy atom. The summed E-state index contributed by atoms with van der Waals surface area (Å²) >= 11 is 6.03. The molecule has 1 aromatic heterocycles. The summed E-state index contributed by atoms with van der Waals surface area (Å²) in [5.74, 6) is 0. The van der Waals surface area contributed by atoms with Gasteiger partial charge in [0.05, 0.1) is 28.7 Å². The molecule has 0 atom stereocenters. The largest absolute Gasteiger partial charge is 0.416 e. The van der Waals surface area contributed by atoms with Crippen molar-refractivity contribution in [2.75, 3.05) is 11.9 Å². The summed E-state index contributed by atoms with van der Waals surface area (Å²) in [6.45, 7) is 0.224. The summed E-state index contributed by atoms with van der Waals surface area (Å²) < 4.78 is 39.2. The van der Waals surface area contributed by atoms with Crippen molar-refractivity contribution in [3.63, 3.8) is 0 Å². The Kier molecular flexibility index (Phi) is 4.51. The van der Waals surface area contributed by atoms with Crippen molar-refractivity contribution >= 4 is 17.3 Å². The van der Waals surface area contributed by atoms with Crippen molar-refractivity contribution in [3.05, 3.63) is 51.4 Å². The van der Waals surface area contributed by atoms with Crippen LogP contribution in [0.25, 0.3) is 5.69 Å². The van der Waals surface area contributed by atoms with Crippen LogP contribution in [-0.4, -0.2) is 27.0 Å². The van der Waals surface area contributed by atoms with E-state index in [1.807, 2.05) is 0 Å². The average Bonchev–Trinajstić information content (AvgIpc) is 2.54. The third kappa shape index (κ3) is 3.64. The number of anilines is 1. The van der Waals surface area contributed by atoms with Crippen molar-refractivity contribution in [2.45, 2.75) is 31.0 Å². The lowest BCUT2D eigenvalue weighted by Crippen LogP contribution is -2.43. The van der Waals surface area contributed by atoms with Gasteiger partial charge in [0.25, 0.3) is 5.56 Å². The van der Waals surface area contributed by atoms with Crippen molar-refractivity contribution in [1.29, 1.82) is 0 Å². The number of hydrogen-bond donors (Lipinski definition) is 2. The second-order valence-electron chi connectivity index (χ2n) is 6.07. The first kappa shape index (κ1) is 17.8. The van der Waals surface area contributed by atoms with Crippen LogP contribution in [0, 0.1) is 0 Å². The highest BCUT2D eigenvalue weighted by atomic mass is 35.5. The van der Waals surface area contributed by atoms with E-state index in [1.165, 1.54) is 18.3 Å². The lowest BCUT2D eigenvalue weighted by atomic mass is 9.80. The highest BCUT2D eigenvalue weighted by molar-refractivity contribution is 6.32. The fraction of sp³-hybridized carbons (Fsp3) is 0.375. The Labute approximate surface area is 146 Å². The van der Waals surface area contributed by atoms with Gasteiger partial charge in [-0.15, -0.1) is 0 Å². The molecular weight excluding hydrogens is 359 g/mol. The first-order valence-corrected chi connectivity index (χ1v) is 7.99. The van der Waals surface area contributed by atoms with Gasteiger partial charge in [-0.1, -0.05) is 17.7 Å². The number of aliphatic hydroxyl groups is 1. The van der Waals surface area contributed by atoms with E-state index < -0.39 is 22.9 Å². The molecule has 9 heteroatoms. The summed E-state index contributed by atoms with van der Waals surface area (Å²) in [5.41, 5.74) is -2.25. The zero-order chi connectivity index (χ0) is 18.2. The molecule has 1 fully saturated rings. The van der Waals surface area contributed by atoms with Crippen LogP contribution in [0.1, 0.15) is 24.8 Å². The number of aromatic nitrogens is 2. The average molecular weight is 374 g/mol. The van der Waals surface area contributed by atoms with E-state index in [0.29, 0.717) is 12.8 Å². The number of nitrogens with zero attached hydrogens (tertiary/aromatic N) is 2. The third-order valence-electron chi connectivity index (χ3n) is 4.23. The molecule has 2 N–H and O–H groups in total. The Balaban J connectivity index is 1.89. The topological polar surface area (TPSA) is 67.2 Å². The van der Waals surface area contributed by atoms with E-state index in [4.69, 9.17) is 11.6 Å². The molecule has 1 aromatic carbocycles. The fourth-order valence-electron chi connectivity index (χ4n) is 2.58. The van der Waals surface area contributed by atoms with Gasteiger partial charge in [-0.3, -0.25) is 4.79 Å². The highest BCUT2D eigenvalue weighted by Gasteiger charge is 2.34. The second-order valence-corrected chi connectivity index (χ2v) is 6.45. The highest BCUT2D eigenvalue weighted by Crippen LogP contribution is 2.32. The standard InChI is InChI=1S/C16H15ClF3N3O2/c17-13-12(21-9-15(25)5-2-6-15)8-22-23(14(13)24)11-4-1-3-10(7-11)16(18,19)20/h1,3-4,7-8,21,25H,2,5-6,9H2. The van der Waals surface area contributed by atoms with Gasteiger partial charge in [0.15, 0.2) is 0 Å². The van der Waals surface area contributed by atoms with E-state index >= 15 is 0 Å². The molecule has 0 aliphatic heterocycles. The van der Waals surface area contributed by atoms with Crippen molar-refractivity contribution in [3.8, 4) is 5.69 Å². The van der Waals surface area contributed by atoms with Crippen LogP contribution >= 0.6 is 11.6 Å². The minimum Gasteiger partial charge on any atom is -0.388 e. The molecule has 134 valence electrons. The van der Waals surface area contributed by atoms with Crippen molar-refractivity contribution in [2.24, 2.45) is 0 Å². The molecule has 0 spiro atoms. The number of nitrogens with one attached hydrogen (secondary N) is 1. The summed E-state index contributed by atoms with van der Waals surface area (Å²) in [4.78, 5) is 12.3. The molecule has 0 radical (unpaired) electrons. The van der Waals surface area contributed by atoms with Gasteiger partial charge in [0.2, 0.25) is 0 Å². The van der Waals surface area contributed by atoms with E-state index in [1.54, 1.807) is 0 Å². The fourth-order valence-corrected chi connectivity index (χ4v) is 2.77. The van der Waals surface area contributed by atoms with Gasteiger partial charge >= 0.3 is 6.18 Å². The van der Waals surface area contributed by atoms with E-state index in [2.05, 4.69) is 10.4 Å². The predicted octanol–water partition coefficient (Wildman–Crippen LogP) is 3.23. The van der Waals surface area contributed by atoms with Crippen LogP contribution < -0.4 is 10.9 Å². The Bertz CT molecular complexity index is 847. The van der Waals surface area contributed by atoms with Gasteiger partial charge < -0.3 is 10.4 Å². The summed E-state index contributed by atoms with van der Waals surface area (Å²) in [5, 5.41) is 16.6. The molecule has 1 heterocycles. The maximum Gasteiger partial charge on any atom is 0.416 e. The van der Waals surface area contributed by atoms with Crippen LogP contribution in [0.2, 0.25) is 5.02 Å². The third-order valence-corrected chi connectivity index (χ3v) is 4.59. The summed E-state index contributed by atoms with van der Waals surface area (Å²) in [6.07, 6.45) is -1.02. The number of benzene rings is 1. The van der Waals surface area contributed by atoms with E-state index in [0.717, 1.165) is 23.2 Å². The SMILES string of the molecule is O=c1c(Cl)c(NCC2(O)CCC2)cnn1-c1cccc(C(F)(F)F)c1. The quantitative estimate of drug-likeness (QED) is 0.863. The smallest absolute Gasteiger partial charge is 0.388 e. The van der Waals surface area contributed by atoms with E-state index in [9.17, 15) is 23.1 Å². The normalized spacial score (nSPS) is 16.4. The lowest BCUT2D eigenvalue weighted by molar-refractivity contribution is -0.137. The molecule has 0 bridgehead atoms. The zero-order valence-corrected chi connectivity index (χ0v) is 13.7. The molecule has 0 saturated heterocycles. The first-order chi connectivity index (χ1) is 11.7. The van der Waals surface area contributed by atoms with Crippen LogP contribution in [0.4, 0.5) is 18.9 Å². The molecule has 0 amide bonds. The molecule has 25 heavy (non-hydrogen) atoms. The molecule has 2 aromatic rings. The van der Waals surface area contributed by atoms with Crippen LogP contribution in [0.15, 0.2) is 35.3 Å². The molecule has 3 rings (SSSR count). The van der Waals surface area contributed by atoms with Gasteiger partial charge in [-0.05, 0) is 37.5 Å². The number of halogens is 4. The molecule has 1 aliphatic rings. The van der Waals surface area contributed by atoms with Crippen LogP contribution in [-0.2, 0) is 6.18 Å².